The molecule has 2 rings (SSSR count). The fraction of sp³-hybridized carbons (Fsp3) is 0.739. The van der Waals surface area contributed by atoms with E-state index in [1.807, 2.05) is 82.2 Å². The smallest absolute Gasteiger partial charge is 0.247 e. The van der Waals surface area contributed by atoms with Crippen LogP contribution >= 0.6 is 0 Å². The SMILES string of the molecule is CC[C@H](C)[C@@H]([C@@H](CC(=O)N1CCC[C@H]1[C@H](OC)[C@@H](C)C(=O)N[C@@H](Cc1ccccc1)C(=O)N(C)CCN(C)C(=O)CCCN)OC)N(C)C(=O)C(N=C(N(C)C)N(C)C)C(C)C. The number of benzene rings is 1. The van der Waals surface area contributed by atoms with Gasteiger partial charge in [-0.05, 0) is 43.2 Å². The topological polar surface area (TPSA) is 174 Å². The van der Waals surface area contributed by atoms with Crippen LogP contribution in [0.15, 0.2) is 35.3 Å². The van der Waals surface area contributed by atoms with Crippen molar-refractivity contribution in [3.8, 4) is 0 Å². The maximum absolute atomic E-state index is 14.4. The van der Waals surface area contributed by atoms with Gasteiger partial charge in [-0.1, -0.05) is 71.4 Å². The van der Waals surface area contributed by atoms with Crippen molar-refractivity contribution in [3.63, 3.8) is 0 Å². The second-order valence-corrected chi connectivity index (χ2v) is 17.7. The average molecular weight is 872 g/mol. The molecule has 5 amide bonds. The van der Waals surface area contributed by atoms with E-state index in [-0.39, 0.29) is 60.8 Å². The van der Waals surface area contributed by atoms with Gasteiger partial charge >= 0.3 is 0 Å². The van der Waals surface area contributed by atoms with Gasteiger partial charge in [-0.2, -0.15) is 0 Å². The number of hydrogen-bond donors (Lipinski definition) is 2. The number of rotatable bonds is 24. The zero-order valence-corrected chi connectivity index (χ0v) is 40.4. The molecule has 16 nitrogen and oxygen atoms in total. The summed E-state index contributed by atoms with van der Waals surface area (Å²) < 4.78 is 12.1. The molecule has 0 radical (unpaired) electrons. The molecule has 0 bridgehead atoms. The number of likely N-dealkylation sites (tertiary alicyclic amines) is 1. The van der Waals surface area contributed by atoms with Gasteiger partial charge in [0, 0.05) is 96.0 Å². The first-order valence-electron chi connectivity index (χ1n) is 22.3. The van der Waals surface area contributed by atoms with Gasteiger partial charge < -0.3 is 49.9 Å². The molecule has 0 spiro atoms. The standard InChI is InChI=1S/C46H81N9O7/c1-15-32(4)41(54(12)45(60)40(31(2)3)49-46(50(6)7)51(8)9)37(61-13)30-39(57)55-26-20-23-36(55)42(62-14)33(5)43(58)48-35(29-34-21-17-16-18-22-34)44(59)53(11)28-27-52(10)38(56)24-19-25-47/h16-18,21-22,31-33,35-37,40-42H,15,19-20,23-30,47H2,1-14H3,(H,48,58)/t32-,33+,35-,36-,37+,40?,41-,42+/m0/s1. The lowest BCUT2D eigenvalue weighted by molar-refractivity contribution is -0.147. The van der Waals surface area contributed by atoms with Gasteiger partial charge in [0.2, 0.25) is 29.5 Å². The lowest BCUT2D eigenvalue weighted by atomic mass is 9.89. The Bertz CT molecular complexity index is 1580. The highest BCUT2D eigenvalue weighted by molar-refractivity contribution is 5.89. The number of carbonyl (C=O) groups excluding carboxylic acids is 5. The second kappa shape index (κ2) is 26.4. The third kappa shape index (κ3) is 15.2. The number of aliphatic imine (C=N–C) groups is 1. The van der Waals surface area contributed by atoms with Gasteiger partial charge in [-0.3, -0.25) is 24.0 Å². The molecule has 1 aromatic carbocycles. The van der Waals surface area contributed by atoms with Crippen LogP contribution in [0.1, 0.15) is 78.7 Å². The molecule has 0 saturated carbocycles. The van der Waals surface area contributed by atoms with Crippen LogP contribution in [0, 0.1) is 17.8 Å². The second-order valence-electron chi connectivity index (χ2n) is 17.7. The summed E-state index contributed by atoms with van der Waals surface area (Å²) in [5, 5.41) is 3.03. The van der Waals surface area contributed by atoms with Crippen LogP contribution < -0.4 is 11.1 Å². The van der Waals surface area contributed by atoms with Crippen LogP contribution in [-0.2, 0) is 39.9 Å². The summed E-state index contributed by atoms with van der Waals surface area (Å²) in [6.45, 7) is 11.4. The molecule has 8 atom stereocenters. The normalized spacial score (nSPS) is 17.2. The summed E-state index contributed by atoms with van der Waals surface area (Å²) in [5.74, 6) is -1.11. The molecule has 1 fully saturated rings. The van der Waals surface area contributed by atoms with E-state index in [2.05, 4.69) is 19.2 Å². The van der Waals surface area contributed by atoms with Crippen molar-refractivity contribution >= 4 is 35.5 Å². The molecule has 0 aromatic heterocycles. The van der Waals surface area contributed by atoms with Crippen molar-refractivity contribution in [2.24, 2.45) is 28.5 Å². The van der Waals surface area contributed by atoms with E-state index in [0.29, 0.717) is 44.9 Å². The highest BCUT2D eigenvalue weighted by Crippen LogP contribution is 2.30. The highest BCUT2D eigenvalue weighted by Gasteiger charge is 2.43. The van der Waals surface area contributed by atoms with Crippen LogP contribution in [0.25, 0.3) is 0 Å². The Kier molecular flexibility index (Phi) is 22.9. The van der Waals surface area contributed by atoms with Crippen LogP contribution in [0.4, 0.5) is 0 Å². The number of nitrogens with two attached hydrogens (primary N) is 1. The van der Waals surface area contributed by atoms with Crippen molar-refractivity contribution in [1.29, 1.82) is 0 Å². The molecule has 1 saturated heterocycles. The minimum absolute atomic E-state index is 0.000737. The van der Waals surface area contributed by atoms with E-state index >= 15 is 0 Å². The van der Waals surface area contributed by atoms with E-state index in [9.17, 15) is 24.0 Å². The predicted octanol–water partition coefficient (Wildman–Crippen LogP) is 2.79. The minimum atomic E-state index is -0.882. The van der Waals surface area contributed by atoms with E-state index in [0.717, 1.165) is 18.4 Å². The van der Waals surface area contributed by atoms with Crippen LogP contribution in [0.5, 0.6) is 0 Å². The Morgan fingerprint density at radius 3 is 2.03 bits per heavy atom. The molecule has 0 aliphatic carbocycles. The maximum Gasteiger partial charge on any atom is 0.247 e. The third-order valence-electron chi connectivity index (χ3n) is 12.3. The molecule has 16 heteroatoms. The zero-order valence-electron chi connectivity index (χ0n) is 40.4. The molecule has 352 valence electrons. The molecule has 1 unspecified atom stereocenters. The lowest BCUT2D eigenvalue weighted by Gasteiger charge is -2.40. The quantitative estimate of drug-likeness (QED) is 0.116. The number of likely N-dealkylation sites (N-methyl/N-ethyl adjacent to an activating group) is 3. The van der Waals surface area contributed by atoms with Gasteiger partial charge in [0.15, 0.2) is 5.96 Å². The molecule has 1 heterocycles. The van der Waals surface area contributed by atoms with Gasteiger partial charge in [-0.15, -0.1) is 0 Å². The fourth-order valence-corrected chi connectivity index (χ4v) is 8.36. The Hall–Kier alpha value is -4.28. The van der Waals surface area contributed by atoms with Crippen LogP contribution in [-0.4, -0.2) is 191 Å². The summed E-state index contributed by atoms with van der Waals surface area (Å²) in [6, 6.07) is 7.14. The van der Waals surface area contributed by atoms with Crippen molar-refractivity contribution in [2.75, 3.05) is 89.7 Å². The Labute approximate surface area is 372 Å². The van der Waals surface area contributed by atoms with Gasteiger partial charge in [0.1, 0.15) is 12.1 Å². The van der Waals surface area contributed by atoms with Crippen molar-refractivity contribution in [2.45, 2.75) is 116 Å². The summed E-state index contributed by atoms with van der Waals surface area (Å²) in [6.07, 6.45) is 2.07. The number of methoxy groups -OCH3 is 2. The van der Waals surface area contributed by atoms with Crippen molar-refractivity contribution in [1.82, 2.24) is 34.7 Å². The fourth-order valence-electron chi connectivity index (χ4n) is 8.36. The number of amides is 5. The number of guanidine groups is 1. The monoisotopic (exact) mass is 872 g/mol. The molecule has 1 aromatic rings. The Morgan fingerprint density at radius 2 is 1.50 bits per heavy atom. The number of hydrogen-bond acceptors (Lipinski definition) is 9. The third-order valence-corrected chi connectivity index (χ3v) is 12.3. The van der Waals surface area contributed by atoms with Crippen molar-refractivity contribution < 1.29 is 33.4 Å². The summed E-state index contributed by atoms with van der Waals surface area (Å²) in [5.41, 5.74) is 6.46. The predicted molar refractivity (Wildman–Crippen MR) is 245 cm³/mol. The van der Waals surface area contributed by atoms with Crippen LogP contribution in [0.3, 0.4) is 0 Å². The molecule has 3 N–H and O–H groups in total. The first-order chi connectivity index (χ1) is 29.2. The average Bonchev–Trinajstić information content (AvgIpc) is 3.73. The lowest BCUT2D eigenvalue weighted by Crippen LogP contribution is -2.56. The van der Waals surface area contributed by atoms with E-state index < -0.39 is 42.3 Å². The van der Waals surface area contributed by atoms with Gasteiger partial charge in [0.25, 0.3) is 0 Å². The van der Waals surface area contributed by atoms with Gasteiger partial charge in [-0.25, -0.2) is 4.99 Å². The number of carbonyl (C=O) groups is 5. The first kappa shape index (κ1) is 53.9. The van der Waals surface area contributed by atoms with E-state index in [4.69, 9.17) is 20.2 Å². The summed E-state index contributed by atoms with van der Waals surface area (Å²) in [4.78, 5) is 84.7. The number of ether oxygens (including phenoxy) is 2. The number of nitrogens with zero attached hydrogens (tertiary/aromatic N) is 7. The van der Waals surface area contributed by atoms with Crippen LogP contribution in [0.2, 0.25) is 0 Å². The van der Waals surface area contributed by atoms with E-state index in [1.165, 1.54) is 0 Å². The maximum atomic E-state index is 14.4. The molecule has 1 aliphatic heterocycles. The number of nitrogens with one attached hydrogen (secondary N) is 1. The first-order valence-corrected chi connectivity index (χ1v) is 22.3. The zero-order chi connectivity index (χ0) is 46.8. The Balaban J connectivity index is 2.33. The minimum Gasteiger partial charge on any atom is -0.379 e. The highest BCUT2D eigenvalue weighted by atomic mass is 16.5. The van der Waals surface area contributed by atoms with Gasteiger partial charge in [0.05, 0.1) is 36.6 Å². The van der Waals surface area contributed by atoms with Crippen molar-refractivity contribution in [3.05, 3.63) is 35.9 Å². The molecule has 62 heavy (non-hydrogen) atoms. The Morgan fingerprint density at radius 1 is 0.887 bits per heavy atom. The molecule has 1 aliphatic rings. The summed E-state index contributed by atoms with van der Waals surface area (Å²) in [7, 11) is 15.9. The largest absolute Gasteiger partial charge is 0.379 e. The molecular weight excluding hydrogens is 791 g/mol. The van der Waals surface area contributed by atoms with E-state index in [1.54, 1.807) is 61.9 Å². The molecular formula is C46H81N9O7. The summed E-state index contributed by atoms with van der Waals surface area (Å²) >= 11 is 0.